The molecule has 1 heterocycles. The highest BCUT2D eigenvalue weighted by atomic mass is 32.2. The van der Waals surface area contributed by atoms with Crippen molar-refractivity contribution in [2.75, 3.05) is 27.1 Å². The Morgan fingerprint density at radius 3 is 2.49 bits per heavy atom. The summed E-state index contributed by atoms with van der Waals surface area (Å²) in [6.07, 6.45) is -2.61. The molecule has 37 heavy (non-hydrogen) atoms. The van der Waals surface area contributed by atoms with Crippen LogP contribution in [0.4, 0.5) is 0 Å². The monoisotopic (exact) mass is 533 g/mol. The normalized spacial score (nSPS) is 24.8. The zero-order valence-electron chi connectivity index (χ0n) is 21.0. The number of benzene rings is 1. The highest BCUT2D eigenvalue weighted by molar-refractivity contribution is 7.98. The predicted octanol–water partition coefficient (Wildman–Crippen LogP) is 1.39. The van der Waals surface area contributed by atoms with Gasteiger partial charge in [0.1, 0.15) is 18.3 Å². The summed E-state index contributed by atoms with van der Waals surface area (Å²) in [6, 6.07) is 6.48. The van der Waals surface area contributed by atoms with Crippen LogP contribution in [0.1, 0.15) is 30.5 Å². The molecule has 0 spiro atoms. The van der Waals surface area contributed by atoms with Gasteiger partial charge in [0, 0.05) is 12.5 Å². The van der Waals surface area contributed by atoms with Crippen LogP contribution in [0.5, 0.6) is 17.2 Å². The number of ether oxygens (including phenoxy) is 4. The molecule has 1 aliphatic carbocycles. The van der Waals surface area contributed by atoms with Crippen LogP contribution in [0.2, 0.25) is 0 Å². The number of aliphatic hydroxyl groups is 3. The molecule has 5 atom stereocenters. The molecule has 2 aromatic carbocycles. The van der Waals surface area contributed by atoms with Gasteiger partial charge in [-0.3, -0.25) is 9.59 Å². The fraction of sp³-hybridized carbons (Fsp3) is 0.462. The van der Waals surface area contributed by atoms with E-state index in [1.165, 1.54) is 32.9 Å². The first kappa shape index (κ1) is 27.2. The summed E-state index contributed by atoms with van der Waals surface area (Å²) >= 11 is 1.34. The summed E-state index contributed by atoms with van der Waals surface area (Å²) in [5.74, 6) is 0.555. The average molecular weight is 534 g/mol. The zero-order valence-corrected chi connectivity index (χ0v) is 21.8. The molecule has 0 aromatic heterocycles. The van der Waals surface area contributed by atoms with Gasteiger partial charge in [0.05, 0.1) is 31.8 Å². The summed E-state index contributed by atoms with van der Waals surface area (Å²) in [6.45, 7) is 1.22. The van der Waals surface area contributed by atoms with Gasteiger partial charge < -0.3 is 39.6 Å². The molecule has 10 nitrogen and oxygen atoms in total. The third-order valence-corrected chi connectivity index (χ3v) is 7.35. The Hall–Kier alpha value is -2.83. The summed E-state index contributed by atoms with van der Waals surface area (Å²) in [5, 5.41) is 33.2. The Bertz CT molecular complexity index is 1240. The molecule has 2 aliphatic rings. The number of aryl methyl sites for hydroxylation is 1. The maximum Gasteiger partial charge on any atom is 0.229 e. The van der Waals surface area contributed by atoms with Crippen LogP contribution in [0.3, 0.4) is 0 Å². The predicted molar refractivity (Wildman–Crippen MR) is 136 cm³/mol. The summed E-state index contributed by atoms with van der Waals surface area (Å²) in [5.41, 5.74) is 2.71. The minimum atomic E-state index is -1.50. The van der Waals surface area contributed by atoms with Gasteiger partial charge in [-0.1, -0.05) is 6.07 Å². The van der Waals surface area contributed by atoms with Crippen molar-refractivity contribution in [3.8, 4) is 28.4 Å². The van der Waals surface area contributed by atoms with Gasteiger partial charge in [-0.15, -0.1) is 11.8 Å². The summed E-state index contributed by atoms with van der Waals surface area (Å²) in [7, 11) is 2.93. The molecule has 1 aliphatic heterocycles. The van der Waals surface area contributed by atoms with E-state index in [0.717, 1.165) is 5.56 Å². The average Bonchev–Trinajstić information content (AvgIpc) is 3.11. The van der Waals surface area contributed by atoms with Gasteiger partial charge in [-0.05, 0) is 54.0 Å². The summed E-state index contributed by atoms with van der Waals surface area (Å²) in [4.78, 5) is 25.5. The van der Waals surface area contributed by atoms with E-state index in [0.29, 0.717) is 40.2 Å². The number of rotatable bonds is 6. The Morgan fingerprint density at radius 1 is 1.11 bits per heavy atom. The van der Waals surface area contributed by atoms with Crippen LogP contribution in [0.15, 0.2) is 34.0 Å². The highest BCUT2D eigenvalue weighted by Crippen LogP contribution is 2.50. The van der Waals surface area contributed by atoms with E-state index >= 15 is 0 Å². The number of thioether (sulfide) groups is 1. The summed E-state index contributed by atoms with van der Waals surface area (Å²) < 4.78 is 22.8. The van der Waals surface area contributed by atoms with E-state index in [9.17, 15) is 24.9 Å². The second kappa shape index (κ2) is 11.3. The van der Waals surface area contributed by atoms with Gasteiger partial charge in [-0.2, -0.15) is 0 Å². The standard InChI is InChI=1S/C26H31NO9S/c1-12(28)27-16-7-5-13-9-19(36-26-23(32)22(31)18(30)11-35-26)24(33-2)25(34-3)21(13)14-6-8-20(37-4)17(29)10-15(14)16/h6,8-10,16,18,22-23,26,30-32H,5,7,11H2,1-4H3,(H,27,28)/t16-,18+,22-,23-,26+/m0/s1. The second-order valence-electron chi connectivity index (χ2n) is 8.91. The molecule has 200 valence electrons. The minimum absolute atomic E-state index is 0.150. The number of hydrogen-bond acceptors (Lipinski definition) is 10. The van der Waals surface area contributed by atoms with Gasteiger partial charge in [0.2, 0.25) is 17.9 Å². The number of amides is 1. The van der Waals surface area contributed by atoms with Crippen LogP contribution in [0.25, 0.3) is 11.1 Å². The van der Waals surface area contributed by atoms with E-state index < -0.39 is 30.6 Å². The Labute approximate surface area is 218 Å². The van der Waals surface area contributed by atoms with Crippen molar-refractivity contribution in [2.45, 2.75) is 55.3 Å². The number of carbonyl (C=O) groups is 1. The van der Waals surface area contributed by atoms with Crippen molar-refractivity contribution >= 4 is 17.7 Å². The van der Waals surface area contributed by atoms with E-state index in [-0.39, 0.29) is 29.4 Å². The molecule has 0 bridgehead atoms. The van der Waals surface area contributed by atoms with Crippen molar-refractivity contribution in [3.63, 3.8) is 0 Å². The third kappa shape index (κ3) is 5.27. The Morgan fingerprint density at radius 2 is 1.84 bits per heavy atom. The maximum absolute atomic E-state index is 12.9. The third-order valence-electron chi connectivity index (χ3n) is 6.58. The van der Waals surface area contributed by atoms with Crippen molar-refractivity contribution in [3.05, 3.63) is 45.6 Å². The smallest absolute Gasteiger partial charge is 0.229 e. The Kier molecular flexibility index (Phi) is 8.29. The van der Waals surface area contributed by atoms with Crippen LogP contribution < -0.4 is 25.0 Å². The molecule has 0 unspecified atom stereocenters. The highest BCUT2D eigenvalue weighted by Gasteiger charge is 2.40. The SMILES string of the molecule is COc1c(O[C@H]2OC[C@@H](O)[C@H](O)[C@@H]2O)cc2c(c1OC)-c1ccc(SC)c(=O)cc1[C@@H](NC(C)=O)CC2. The van der Waals surface area contributed by atoms with Crippen molar-refractivity contribution in [1.82, 2.24) is 5.32 Å². The van der Waals surface area contributed by atoms with Crippen LogP contribution >= 0.6 is 11.8 Å². The Balaban J connectivity index is 1.90. The van der Waals surface area contributed by atoms with Crippen molar-refractivity contribution in [1.29, 1.82) is 0 Å². The molecular weight excluding hydrogens is 502 g/mol. The van der Waals surface area contributed by atoms with Crippen molar-refractivity contribution < 1.29 is 39.1 Å². The first-order valence-corrected chi connectivity index (χ1v) is 13.0. The zero-order chi connectivity index (χ0) is 26.9. The molecule has 2 aromatic rings. The first-order chi connectivity index (χ1) is 17.7. The van der Waals surface area contributed by atoms with Crippen molar-refractivity contribution in [2.24, 2.45) is 0 Å². The van der Waals surface area contributed by atoms with Gasteiger partial charge >= 0.3 is 0 Å². The molecule has 4 N–H and O–H groups in total. The van der Waals surface area contributed by atoms with Crippen LogP contribution in [-0.2, 0) is 16.0 Å². The number of carbonyl (C=O) groups excluding carboxylic acids is 1. The van der Waals surface area contributed by atoms with E-state index in [1.54, 1.807) is 18.2 Å². The molecule has 0 saturated carbocycles. The molecule has 1 saturated heterocycles. The van der Waals surface area contributed by atoms with E-state index in [4.69, 9.17) is 18.9 Å². The lowest BCUT2D eigenvalue weighted by Crippen LogP contribution is -2.54. The maximum atomic E-state index is 12.9. The largest absolute Gasteiger partial charge is 0.492 e. The molecule has 4 rings (SSSR count). The fourth-order valence-corrected chi connectivity index (χ4v) is 5.27. The molecule has 11 heteroatoms. The minimum Gasteiger partial charge on any atom is -0.492 e. The lowest BCUT2D eigenvalue weighted by Gasteiger charge is -2.35. The van der Waals surface area contributed by atoms with Gasteiger partial charge in [0.25, 0.3) is 0 Å². The quantitative estimate of drug-likeness (QED) is 0.402. The molecule has 0 radical (unpaired) electrons. The molecule has 1 amide bonds. The van der Waals surface area contributed by atoms with Gasteiger partial charge in [-0.25, -0.2) is 0 Å². The lowest BCUT2D eigenvalue weighted by molar-refractivity contribution is -0.242. The number of fused-ring (bicyclic) bond motifs is 3. The van der Waals surface area contributed by atoms with E-state index in [2.05, 4.69) is 5.32 Å². The first-order valence-electron chi connectivity index (χ1n) is 11.8. The fourth-order valence-electron chi connectivity index (χ4n) is 4.81. The molecule has 1 fully saturated rings. The number of methoxy groups -OCH3 is 2. The topological polar surface area (TPSA) is 144 Å². The molecular formula is C26H31NO9S. The number of nitrogens with one attached hydrogen (secondary N) is 1. The second-order valence-corrected chi connectivity index (χ2v) is 9.76. The number of hydrogen-bond donors (Lipinski definition) is 4. The van der Waals surface area contributed by atoms with Crippen LogP contribution in [0, 0.1) is 0 Å². The lowest BCUT2D eigenvalue weighted by atomic mass is 9.95. The van der Waals surface area contributed by atoms with Gasteiger partial charge in [0.15, 0.2) is 16.9 Å². The van der Waals surface area contributed by atoms with E-state index in [1.807, 2.05) is 12.3 Å². The number of aliphatic hydroxyl groups excluding tert-OH is 3. The van der Waals surface area contributed by atoms with Crippen LogP contribution in [-0.4, -0.2) is 72.9 Å².